The number of rotatable bonds is 18. The number of carbonyl (C=O) groups excluding carboxylic acids is 3. The molecule has 0 aromatic heterocycles. The molecule has 2 aromatic rings. The predicted molar refractivity (Wildman–Crippen MR) is 140 cm³/mol. The highest BCUT2D eigenvalue weighted by Gasteiger charge is 2.28. The molecule has 40 heavy (non-hydrogen) atoms. The van der Waals surface area contributed by atoms with E-state index in [-0.39, 0.29) is 50.1 Å². The monoisotopic (exact) mass is 559 g/mol. The van der Waals surface area contributed by atoms with Crippen molar-refractivity contribution in [2.75, 3.05) is 68.5 Å². The Morgan fingerprint density at radius 1 is 0.875 bits per heavy atom. The zero-order valence-corrected chi connectivity index (χ0v) is 22.9. The first kappa shape index (κ1) is 32.2. The van der Waals surface area contributed by atoms with E-state index >= 15 is 0 Å². The summed E-state index contributed by atoms with van der Waals surface area (Å²) in [5, 5.41) is 9.58. The smallest absolute Gasteiger partial charge is 0.313 e. The third kappa shape index (κ3) is 9.32. The SMILES string of the molecule is COCCOCOc1ccc(C#N)cc1-c1cc(C(CC(=O)OC)C(=O)OC)cc(C=O)c1OCOCCOC. The maximum absolute atomic E-state index is 12.7. The highest BCUT2D eigenvalue weighted by atomic mass is 16.7. The van der Waals surface area contributed by atoms with Crippen LogP contribution in [0.1, 0.15) is 33.8 Å². The summed E-state index contributed by atoms with van der Waals surface area (Å²) in [6, 6.07) is 9.74. The van der Waals surface area contributed by atoms with Crippen LogP contribution in [0.2, 0.25) is 0 Å². The van der Waals surface area contributed by atoms with Gasteiger partial charge < -0.3 is 37.9 Å². The fourth-order valence-electron chi connectivity index (χ4n) is 3.60. The van der Waals surface area contributed by atoms with E-state index in [0.29, 0.717) is 41.9 Å². The number of hydrogen-bond acceptors (Lipinski definition) is 12. The van der Waals surface area contributed by atoms with Crippen molar-refractivity contribution in [1.29, 1.82) is 5.26 Å². The Balaban J connectivity index is 2.69. The Bertz CT molecular complexity index is 1180. The van der Waals surface area contributed by atoms with Crippen LogP contribution in [0.25, 0.3) is 11.1 Å². The molecular weight excluding hydrogens is 526 g/mol. The lowest BCUT2D eigenvalue weighted by Crippen LogP contribution is -2.19. The predicted octanol–water partition coefficient (Wildman–Crippen LogP) is 2.86. The molecule has 0 bridgehead atoms. The van der Waals surface area contributed by atoms with Gasteiger partial charge in [0.1, 0.15) is 11.5 Å². The van der Waals surface area contributed by atoms with Gasteiger partial charge in [-0.2, -0.15) is 5.26 Å². The molecule has 12 heteroatoms. The van der Waals surface area contributed by atoms with E-state index in [0.717, 1.165) is 0 Å². The van der Waals surface area contributed by atoms with Crippen molar-refractivity contribution in [2.24, 2.45) is 0 Å². The molecule has 216 valence electrons. The summed E-state index contributed by atoms with van der Waals surface area (Å²) >= 11 is 0. The molecule has 0 aliphatic carbocycles. The van der Waals surface area contributed by atoms with Gasteiger partial charge in [-0.15, -0.1) is 0 Å². The molecule has 2 aromatic carbocycles. The Kier molecular flexibility index (Phi) is 14.1. The van der Waals surface area contributed by atoms with Gasteiger partial charge in [-0.3, -0.25) is 14.4 Å². The fraction of sp³-hybridized carbons (Fsp3) is 0.429. The maximum Gasteiger partial charge on any atom is 0.313 e. The van der Waals surface area contributed by atoms with Gasteiger partial charge in [0, 0.05) is 25.3 Å². The second-order valence-electron chi connectivity index (χ2n) is 8.11. The molecule has 1 unspecified atom stereocenters. The molecule has 0 fully saturated rings. The summed E-state index contributed by atoms with van der Waals surface area (Å²) in [5.41, 5.74) is 1.31. The number of methoxy groups -OCH3 is 4. The van der Waals surface area contributed by atoms with Crippen LogP contribution in [-0.4, -0.2) is 86.7 Å². The lowest BCUT2D eigenvalue weighted by Gasteiger charge is -2.21. The van der Waals surface area contributed by atoms with Gasteiger partial charge >= 0.3 is 11.9 Å². The first-order chi connectivity index (χ1) is 19.4. The molecule has 0 N–H and O–H groups in total. The molecule has 0 spiro atoms. The van der Waals surface area contributed by atoms with Crippen LogP contribution in [0.5, 0.6) is 11.5 Å². The summed E-state index contributed by atoms with van der Waals surface area (Å²) in [6.07, 6.45) is 0.211. The van der Waals surface area contributed by atoms with Crippen LogP contribution < -0.4 is 9.47 Å². The van der Waals surface area contributed by atoms with Crippen molar-refractivity contribution in [3.8, 4) is 28.7 Å². The third-order valence-corrected chi connectivity index (χ3v) is 5.60. The van der Waals surface area contributed by atoms with E-state index in [9.17, 15) is 19.6 Å². The first-order valence-corrected chi connectivity index (χ1v) is 12.1. The third-order valence-electron chi connectivity index (χ3n) is 5.60. The van der Waals surface area contributed by atoms with Crippen LogP contribution in [0.15, 0.2) is 30.3 Å². The molecule has 0 saturated carbocycles. The Morgan fingerprint density at radius 3 is 2.12 bits per heavy atom. The van der Waals surface area contributed by atoms with Gasteiger partial charge in [0.25, 0.3) is 0 Å². The summed E-state index contributed by atoms with van der Waals surface area (Å²) in [7, 11) is 5.46. The molecule has 0 aliphatic rings. The Morgan fingerprint density at radius 2 is 1.55 bits per heavy atom. The summed E-state index contributed by atoms with van der Waals surface area (Å²) in [5.74, 6) is -2.04. The quantitative estimate of drug-likeness (QED) is 0.114. The van der Waals surface area contributed by atoms with Crippen LogP contribution >= 0.6 is 0 Å². The number of hydrogen-bond donors (Lipinski definition) is 0. The molecule has 0 radical (unpaired) electrons. The molecule has 1 atom stereocenters. The van der Waals surface area contributed by atoms with Crippen molar-refractivity contribution in [2.45, 2.75) is 12.3 Å². The van der Waals surface area contributed by atoms with Gasteiger partial charge in [0.2, 0.25) is 0 Å². The molecule has 2 rings (SSSR count). The molecule has 0 saturated heterocycles. The van der Waals surface area contributed by atoms with Crippen molar-refractivity contribution in [1.82, 2.24) is 0 Å². The summed E-state index contributed by atoms with van der Waals surface area (Å²) in [6.45, 7) is 0.856. The summed E-state index contributed by atoms with van der Waals surface area (Å²) < 4.78 is 42.2. The average Bonchev–Trinajstić information content (AvgIpc) is 2.98. The number of aldehydes is 1. The number of esters is 2. The van der Waals surface area contributed by atoms with Crippen LogP contribution in [0, 0.1) is 11.3 Å². The van der Waals surface area contributed by atoms with Crippen molar-refractivity contribution < 1.29 is 52.3 Å². The summed E-state index contributed by atoms with van der Waals surface area (Å²) in [4.78, 5) is 37.1. The minimum Gasteiger partial charge on any atom is -0.469 e. The van der Waals surface area contributed by atoms with E-state index in [1.165, 1.54) is 27.4 Å². The Labute approximate surface area is 232 Å². The molecular formula is C28H33NO11. The van der Waals surface area contributed by atoms with Crippen molar-refractivity contribution in [3.05, 3.63) is 47.0 Å². The largest absolute Gasteiger partial charge is 0.469 e. The lowest BCUT2D eigenvalue weighted by atomic mass is 9.89. The second-order valence-corrected chi connectivity index (χ2v) is 8.11. The van der Waals surface area contributed by atoms with Crippen molar-refractivity contribution in [3.63, 3.8) is 0 Å². The van der Waals surface area contributed by atoms with Crippen LogP contribution in [-0.2, 0) is 38.0 Å². The standard InChI is InChI=1S/C28H33NO11/c1-33-7-9-37-17-39-25-6-5-19(15-29)11-23(25)24-13-20(22(28(32)36-4)14-26(31)35-3)12-21(16-30)27(24)40-18-38-10-8-34-2/h5-6,11-13,16,22H,7-10,14,17-18H2,1-4H3. The van der Waals surface area contributed by atoms with Gasteiger partial charge in [-0.1, -0.05) is 0 Å². The van der Waals surface area contributed by atoms with Gasteiger partial charge in [0.05, 0.1) is 70.2 Å². The highest BCUT2D eigenvalue weighted by Crippen LogP contribution is 2.41. The minimum atomic E-state index is -1.09. The van der Waals surface area contributed by atoms with E-state index in [4.69, 9.17) is 37.9 Å². The Hall–Kier alpha value is -4.02. The number of nitriles is 1. The minimum absolute atomic E-state index is 0.0614. The van der Waals surface area contributed by atoms with Gasteiger partial charge in [0.15, 0.2) is 19.9 Å². The normalized spacial score (nSPS) is 11.3. The number of carbonyl (C=O) groups is 3. The second kappa shape index (κ2) is 17.5. The van der Waals surface area contributed by atoms with Crippen molar-refractivity contribution >= 4 is 18.2 Å². The molecule has 12 nitrogen and oxygen atoms in total. The first-order valence-electron chi connectivity index (χ1n) is 12.1. The van der Waals surface area contributed by atoms with Crippen LogP contribution in [0.4, 0.5) is 0 Å². The maximum atomic E-state index is 12.7. The number of ether oxygens (including phenoxy) is 8. The van der Waals surface area contributed by atoms with E-state index in [1.54, 1.807) is 31.4 Å². The fourth-order valence-corrected chi connectivity index (χ4v) is 3.60. The molecule has 0 heterocycles. The van der Waals surface area contributed by atoms with Crippen LogP contribution in [0.3, 0.4) is 0 Å². The van der Waals surface area contributed by atoms with Gasteiger partial charge in [-0.25, -0.2) is 0 Å². The topological polar surface area (TPSA) is 149 Å². The number of nitrogens with zero attached hydrogens (tertiary/aromatic N) is 1. The lowest BCUT2D eigenvalue weighted by molar-refractivity contribution is -0.149. The zero-order chi connectivity index (χ0) is 29.3. The average molecular weight is 560 g/mol. The van der Waals surface area contributed by atoms with E-state index in [1.807, 2.05) is 0 Å². The van der Waals surface area contributed by atoms with Gasteiger partial charge in [-0.05, 0) is 35.9 Å². The molecule has 0 amide bonds. The van der Waals surface area contributed by atoms with E-state index < -0.39 is 17.9 Å². The number of benzene rings is 2. The zero-order valence-electron chi connectivity index (χ0n) is 22.9. The molecule has 0 aliphatic heterocycles. The highest BCUT2D eigenvalue weighted by molar-refractivity contribution is 5.91. The van der Waals surface area contributed by atoms with E-state index in [2.05, 4.69) is 6.07 Å².